The van der Waals surface area contributed by atoms with Gasteiger partial charge in [0.05, 0.1) is 6.10 Å². The molecule has 0 aliphatic heterocycles. The predicted molar refractivity (Wildman–Crippen MR) is 58.7 cm³/mol. The predicted octanol–water partition coefficient (Wildman–Crippen LogP) is 2.48. The smallest absolute Gasteiger partial charge is 0.130 e. The second-order valence-electron chi connectivity index (χ2n) is 3.39. The molecule has 0 bridgehead atoms. The Hall–Kier alpha value is -1.39. The molecule has 1 heterocycles. The molecule has 16 heavy (non-hydrogen) atoms. The number of benzene rings is 1. The van der Waals surface area contributed by atoms with E-state index >= 15 is 0 Å². The first-order chi connectivity index (χ1) is 7.68. The first kappa shape index (κ1) is 11.1. The number of aromatic amines is 1. The van der Waals surface area contributed by atoms with Gasteiger partial charge < -0.3 is 10.1 Å². The van der Waals surface area contributed by atoms with Crippen molar-refractivity contribution in [2.45, 2.75) is 12.5 Å². The minimum atomic E-state index is -1.00. The van der Waals surface area contributed by atoms with Crippen molar-refractivity contribution in [3.05, 3.63) is 52.8 Å². The van der Waals surface area contributed by atoms with E-state index in [0.29, 0.717) is 5.82 Å². The highest BCUT2D eigenvalue weighted by molar-refractivity contribution is 6.31. The Balaban J connectivity index is 2.24. The van der Waals surface area contributed by atoms with Crippen LogP contribution in [0.1, 0.15) is 17.5 Å². The van der Waals surface area contributed by atoms with E-state index in [1.165, 1.54) is 12.1 Å². The van der Waals surface area contributed by atoms with Gasteiger partial charge in [0.15, 0.2) is 0 Å². The Bertz CT molecular complexity index is 453. The molecule has 5 heteroatoms. The van der Waals surface area contributed by atoms with Crippen molar-refractivity contribution in [2.24, 2.45) is 0 Å². The Morgan fingerprint density at radius 3 is 2.94 bits per heavy atom. The van der Waals surface area contributed by atoms with Gasteiger partial charge in [-0.1, -0.05) is 17.7 Å². The molecule has 1 atom stereocenters. The van der Waals surface area contributed by atoms with Crippen LogP contribution in [0, 0.1) is 5.82 Å². The largest absolute Gasteiger partial charge is 0.388 e. The van der Waals surface area contributed by atoms with E-state index in [4.69, 9.17) is 11.6 Å². The van der Waals surface area contributed by atoms with Gasteiger partial charge >= 0.3 is 0 Å². The van der Waals surface area contributed by atoms with Crippen molar-refractivity contribution in [3.63, 3.8) is 0 Å². The van der Waals surface area contributed by atoms with Crippen LogP contribution < -0.4 is 0 Å². The zero-order valence-corrected chi connectivity index (χ0v) is 9.08. The summed E-state index contributed by atoms with van der Waals surface area (Å²) in [6, 6.07) is 4.32. The van der Waals surface area contributed by atoms with E-state index < -0.39 is 11.9 Å². The van der Waals surface area contributed by atoms with E-state index in [1.54, 1.807) is 18.5 Å². The maximum absolute atomic E-state index is 13.5. The minimum absolute atomic E-state index is 0.112. The number of hydrogen-bond donors (Lipinski definition) is 2. The zero-order chi connectivity index (χ0) is 11.5. The summed E-state index contributed by atoms with van der Waals surface area (Å²) in [6.07, 6.45) is 2.42. The van der Waals surface area contributed by atoms with Crippen LogP contribution in [-0.4, -0.2) is 15.1 Å². The third-order valence-corrected chi connectivity index (χ3v) is 2.60. The van der Waals surface area contributed by atoms with Gasteiger partial charge in [0.1, 0.15) is 11.6 Å². The van der Waals surface area contributed by atoms with E-state index in [2.05, 4.69) is 9.97 Å². The lowest BCUT2D eigenvalue weighted by molar-refractivity contribution is 0.171. The molecular formula is C11H10ClFN2O. The number of aliphatic hydroxyl groups is 1. The van der Waals surface area contributed by atoms with Crippen molar-refractivity contribution in [1.29, 1.82) is 0 Å². The highest BCUT2D eigenvalue weighted by Gasteiger charge is 2.17. The summed E-state index contributed by atoms with van der Waals surface area (Å²) < 4.78 is 13.5. The summed E-state index contributed by atoms with van der Waals surface area (Å²) in [5, 5.41) is 10.1. The molecule has 0 saturated heterocycles. The number of H-pyrrole nitrogens is 1. The zero-order valence-electron chi connectivity index (χ0n) is 8.32. The summed E-state index contributed by atoms with van der Waals surface area (Å²) in [7, 11) is 0. The quantitative estimate of drug-likeness (QED) is 0.866. The Morgan fingerprint density at radius 2 is 2.31 bits per heavy atom. The van der Waals surface area contributed by atoms with E-state index in [-0.39, 0.29) is 17.0 Å². The van der Waals surface area contributed by atoms with E-state index in [9.17, 15) is 9.50 Å². The van der Waals surface area contributed by atoms with Crippen molar-refractivity contribution in [2.75, 3.05) is 0 Å². The average Bonchev–Trinajstić information content (AvgIpc) is 2.70. The molecule has 2 N–H and O–H groups in total. The molecular weight excluding hydrogens is 231 g/mol. The molecule has 2 aromatic rings. The summed E-state index contributed by atoms with van der Waals surface area (Å²) >= 11 is 5.83. The van der Waals surface area contributed by atoms with Crippen LogP contribution in [-0.2, 0) is 6.42 Å². The fraction of sp³-hybridized carbons (Fsp3) is 0.182. The minimum Gasteiger partial charge on any atom is -0.388 e. The lowest BCUT2D eigenvalue weighted by Crippen LogP contribution is -2.06. The molecule has 2 rings (SSSR count). The Morgan fingerprint density at radius 1 is 1.50 bits per heavy atom. The Kier molecular flexibility index (Phi) is 3.22. The van der Waals surface area contributed by atoms with Crippen LogP contribution in [0.4, 0.5) is 4.39 Å². The molecule has 0 fully saturated rings. The first-order valence-corrected chi connectivity index (χ1v) is 5.16. The van der Waals surface area contributed by atoms with Crippen LogP contribution in [0.15, 0.2) is 30.6 Å². The highest BCUT2D eigenvalue weighted by Crippen LogP contribution is 2.27. The van der Waals surface area contributed by atoms with Gasteiger partial charge in [-0.05, 0) is 12.1 Å². The molecule has 1 unspecified atom stereocenters. The number of imidazole rings is 1. The summed E-state index contributed by atoms with van der Waals surface area (Å²) in [5.74, 6) is 0.0818. The second kappa shape index (κ2) is 4.63. The van der Waals surface area contributed by atoms with Gasteiger partial charge in [-0.2, -0.15) is 0 Å². The molecule has 0 spiro atoms. The first-order valence-electron chi connectivity index (χ1n) is 4.78. The van der Waals surface area contributed by atoms with Gasteiger partial charge in [0, 0.05) is 29.4 Å². The van der Waals surface area contributed by atoms with Gasteiger partial charge in [-0.3, -0.25) is 0 Å². The van der Waals surface area contributed by atoms with Crippen molar-refractivity contribution in [1.82, 2.24) is 9.97 Å². The topological polar surface area (TPSA) is 48.9 Å². The lowest BCUT2D eigenvalue weighted by atomic mass is 10.1. The molecule has 0 saturated carbocycles. The fourth-order valence-electron chi connectivity index (χ4n) is 1.52. The van der Waals surface area contributed by atoms with E-state index in [0.717, 1.165) is 0 Å². The molecule has 84 valence electrons. The van der Waals surface area contributed by atoms with Crippen molar-refractivity contribution < 1.29 is 9.50 Å². The van der Waals surface area contributed by atoms with Crippen LogP contribution in [0.2, 0.25) is 5.02 Å². The highest BCUT2D eigenvalue weighted by atomic mass is 35.5. The fourth-order valence-corrected chi connectivity index (χ4v) is 1.81. The average molecular weight is 241 g/mol. The van der Waals surface area contributed by atoms with Crippen LogP contribution >= 0.6 is 11.6 Å². The summed E-state index contributed by atoms with van der Waals surface area (Å²) in [4.78, 5) is 6.80. The monoisotopic (exact) mass is 240 g/mol. The van der Waals surface area contributed by atoms with Crippen LogP contribution in [0.3, 0.4) is 0 Å². The molecule has 0 amide bonds. The number of rotatable bonds is 3. The van der Waals surface area contributed by atoms with Gasteiger partial charge in [0.2, 0.25) is 0 Å². The number of aliphatic hydroxyl groups excluding tert-OH is 1. The summed E-state index contributed by atoms with van der Waals surface area (Å²) in [6.45, 7) is 0. The molecule has 1 aromatic heterocycles. The third-order valence-electron chi connectivity index (χ3n) is 2.27. The van der Waals surface area contributed by atoms with Gasteiger partial charge in [-0.15, -0.1) is 0 Å². The number of nitrogens with one attached hydrogen (secondary N) is 1. The van der Waals surface area contributed by atoms with Crippen molar-refractivity contribution in [3.8, 4) is 0 Å². The lowest BCUT2D eigenvalue weighted by Gasteiger charge is -2.12. The molecule has 0 aliphatic carbocycles. The Labute approximate surface area is 96.9 Å². The van der Waals surface area contributed by atoms with Crippen molar-refractivity contribution >= 4 is 11.6 Å². The molecule has 0 aliphatic rings. The van der Waals surface area contributed by atoms with Crippen LogP contribution in [0.25, 0.3) is 0 Å². The molecule has 0 radical (unpaired) electrons. The molecule has 3 nitrogen and oxygen atoms in total. The third kappa shape index (κ3) is 2.23. The van der Waals surface area contributed by atoms with Gasteiger partial charge in [-0.25, -0.2) is 9.37 Å². The molecule has 1 aromatic carbocycles. The van der Waals surface area contributed by atoms with Gasteiger partial charge in [0.25, 0.3) is 0 Å². The number of nitrogens with zero attached hydrogens (tertiary/aromatic N) is 1. The van der Waals surface area contributed by atoms with Crippen LogP contribution in [0.5, 0.6) is 0 Å². The maximum Gasteiger partial charge on any atom is 0.130 e. The van der Waals surface area contributed by atoms with E-state index in [1.807, 2.05) is 0 Å². The number of hydrogen-bond acceptors (Lipinski definition) is 2. The SMILES string of the molecule is OC(Cc1ncc[nH]1)c1c(F)cccc1Cl. The standard InChI is InChI=1S/C11H10ClFN2O/c12-7-2-1-3-8(13)11(7)9(16)6-10-14-4-5-15-10/h1-5,9,16H,6H2,(H,14,15). The normalized spacial score (nSPS) is 12.7. The second-order valence-corrected chi connectivity index (χ2v) is 3.80. The number of halogens is 2. The number of aromatic nitrogens is 2. The maximum atomic E-state index is 13.5. The summed E-state index contributed by atoms with van der Waals surface area (Å²) in [5.41, 5.74) is 0.112.